The third-order valence-electron chi connectivity index (χ3n) is 4.19. The van der Waals surface area contributed by atoms with Crippen molar-refractivity contribution in [2.75, 3.05) is 0 Å². The topological polar surface area (TPSA) is 18.5 Å². The van der Waals surface area contributed by atoms with Gasteiger partial charge in [0, 0.05) is 5.41 Å². The lowest BCUT2D eigenvalue weighted by Crippen LogP contribution is -2.30. The van der Waals surface area contributed by atoms with E-state index in [0.717, 1.165) is 5.56 Å². The van der Waals surface area contributed by atoms with E-state index in [4.69, 9.17) is 9.78 Å². The molecule has 0 unspecified atom stereocenters. The van der Waals surface area contributed by atoms with E-state index in [2.05, 4.69) is 82.3 Å². The van der Waals surface area contributed by atoms with E-state index in [1.807, 2.05) is 13.8 Å². The quantitative estimate of drug-likeness (QED) is 0.510. The average molecular weight is 312 g/mol. The van der Waals surface area contributed by atoms with Gasteiger partial charge >= 0.3 is 0 Å². The Morgan fingerprint density at radius 3 is 1.83 bits per heavy atom. The summed E-state index contributed by atoms with van der Waals surface area (Å²) in [5, 5.41) is 0. The molecular formula is C21H28O2. The molecule has 2 heteroatoms. The predicted octanol–water partition coefficient (Wildman–Crippen LogP) is 5.60. The molecule has 2 aromatic carbocycles. The zero-order chi connectivity index (χ0) is 17.1. The highest BCUT2D eigenvalue weighted by atomic mass is 17.2. The van der Waals surface area contributed by atoms with Crippen LogP contribution in [0, 0.1) is 0 Å². The van der Waals surface area contributed by atoms with Gasteiger partial charge < -0.3 is 0 Å². The second-order valence-corrected chi connectivity index (χ2v) is 7.28. The van der Waals surface area contributed by atoms with Gasteiger partial charge in [0.15, 0.2) is 0 Å². The summed E-state index contributed by atoms with van der Waals surface area (Å²) in [6.07, 6.45) is 0.0311. The van der Waals surface area contributed by atoms with Crippen molar-refractivity contribution in [3.05, 3.63) is 71.3 Å². The molecule has 0 fully saturated rings. The van der Waals surface area contributed by atoms with Crippen LogP contribution in [-0.2, 0) is 20.8 Å². The molecule has 0 saturated carbocycles. The Hall–Kier alpha value is -1.64. The van der Waals surface area contributed by atoms with Crippen LogP contribution in [-0.4, -0.2) is 6.10 Å². The fourth-order valence-corrected chi connectivity index (χ4v) is 2.82. The first-order valence-corrected chi connectivity index (χ1v) is 8.25. The van der Waals surface area contributed by atoms with Crippen LogP contribution >= 0.6 is 0 Å². The molecule has 0 amide bonds. The zero-order valence-corrected chi connectivity index (χ0v) is 15.1. The monoisotopic (exact) mass is 312 g/mol. The molecule has 23 heavy (non-hydrogen) atoms. The van der Waals surface area contributed by atoms with Crippen LogP contribution < -0.4 is 0 Å². The number of benzene rings is 2. The molecule has 0 saturated heterocycles. The normalized spacial score (nSPS) is 12.7. The Bertz CT molecular complexity index is 627. The molecule has 0 aliphatic rings. The Morgan fingerprint density at radius 1 is 0.739 bits per heavy atom. The maximum Gasteiger partial charge on any atom is 0.123 e. The van der Waals surface area contributed by atoms with Gasteiger partial charge in [0.2, 0.25) is 0 Å². The summed E-state index contributed by atoms with van der Waals surface area (Å²) in [6, 6.07) is 19.0. The number of hydrogen-bond acceptors (Lipinski definition) is 2. The molecule has 0 spiro atoms. The highest BCUT2D eigenvalue weighted by Gasteiger charge is 2.33. The lowest BCUT2D eigenvalue weighted by Gasteiger charge is -2.34. The standard InChI is InChI=1S/C21H28O2/c1-16(2)22-23-21(5,6)19-15-11-10-14-18(19)20(3,4)17-12-8-7-9-13-17/h7-16H,1-6H3. The van der Waals surface area contributed by atoms with Gasteiger partial charge in [0.25, 0.3) is 0 Å². The van der Waals surface area contributed by atoms with E-state index in [1.54, 1.807) is 0 Å². The minimum Gasteiger partial charge on any atom is -0.233 e. The fourth-order valence-electron chi connectivity index (χ4n) is 2.82. The molecule has 0 aromatic heterocycles. The minimum atomic E-state index is -0.521. The SMILES string of the molecule is CC(C)OOC(C)(C)c1ccccc1C(C)(C)c1ccccc1. The lowest BCUT2D eigenvalue weighted by molar-refractivity contribution is -0.376. The third kappa shape index (κ3) is 4.01. The molecule has 2 aromatic rings. The van der Waals surface area contributed by atoms with Gasteiger partial charge in [-0.2, -0.15) is 0 Å². The van der Waals surface area contributed by atoms with E-state index < -0.39 is 5.60 Å². The second kappa shape index (κ2) is 6.86. The lowest BCUT2D eigenvalue weighted by atomic mass is 9.73. The van der Waals surface area contributed by atoms with E-state index >= 15 is 0 Å². The Balaban J connectivity index is 2.45. The summed E-state index contributed by atoms with van der Waals surface area (Å²) in [7, 11) is 0. The molecule has 0 radical (unpaired) electrons. The van der Waals surface area contributed by atoms with Crippen molar-refractivity contribution in [2.45, 2.75) is 58.7 Å². The van der Waals surface area contributed by atoms with Gasteiger partial charge in [-0.05, 0) is 44.4 Å². The van der Waals surface area contributed by atoms with Gasteiger partial charge in [0.05, 0.1) is 6.10 Å². The maximum absolute atomic E-state index is 5.75. The summed E-state index contributed by atoms with van der Waals surface area (Å²) >= 11 is 0. The Morgan fingerprint density at radius 2 is 1.26 bits per heavy atom. The molecular weight excluding hydrogens is 284 g/mol. The molecule has 0 bridgehead atoms. The second-order valence-electron chi connectivity index (χ2n) is 7.28. The van der Waals surface area contributed by atoms with Crippen molar-refractivity contribution in [2.24, 2.45) is 0 Å². The van der Waals surface area contributed by atoms with E-state index in [0.29, 0.717) is 0 Å². The fraction of sp³-hybridized carbons (Fsp3) is 0.429. The van der Waals surface area contributed by atoms with Crippen LogP contribution in [0.5, 0.6) is 0 Å². The van der Waals surface area contributed by atoms with Crippen LogP contribution in [0.4, 0.5) is 0 Å². The summed E-state index contributed by atoms with van der Waals surface area (Å²) < 4.78 is 0. The van der Waals surface area contributed by atoms with Crippen molar-refractivity contribution in [3.8, 4) is 0 Å². The highest BCUT2D eigenvalue weighted by Crippen LogP contribution is 2.38. The van der Waals surface area contributed by atoms with E-state index in [9.17, 15) is 0 Å². The number of hydrogen-bond donors (Lipinski definition) is 0. The zero-order valence-electron chi connectivity index (χ0n) is 15.1. The van der Waals surface area contributed by atoms with Crippen LogP contribution in [0.25, 0.3) is 0 Å². The molecule has 0 aliphatic heterocycles. The van der Waals surface area contributed by atoms with E-state index in [1.165, 1.54) is 11.1 Å². The molecule has 124 valence electrons. The van der Waals surface area contributed by atoms with Gasteiger partial charge in [-0.1, -0.05) is 68.4 Å². The summed E-state index contributed by atoms with van der Waals surface area (Å²) in [6.45, 7) is 12.5. The first kappa shape index (κ1) is 17.7. The van der Waals surface area contributed by atoms with Crippen molar-refractivity contribution >= 4 is 0 Å². The third-order valence-corrected chi connectivity index (χ3v) is 4.19. The van der Waals surface area contributed by atoms with Gasteiger partial charge in [0.1, 0.15) is 5.60 Å². The van der Waals surface area contributed by atoms with Gasteiger partial charge in [-0.3, -0.25) is 0 Å². The maximum atomic E-state index is 5.75. The first-order valence-electron chi connectivity index (χ1n) is 8.25. The van der Waals surface area contributed by atoms with Crippen molar-refractivity contribution in [1.29, 1.82) is 0 Å². The average Bonchev–Trinajstić information content (AvgIpc) is 2.54. The van der Waals surface area contributed by atoms with Crippen LogP contribution in [0.2, 0.25) is 0 Å². The molecule has 2 nitrogen and oxygen atoms in total. The van der Waals surface area contributed by atoms with Crippen LogP contribution in [0.3, 0.4) is 0 Å². The Labute approximate surface area is 140 Å². The molecule has 2 rings (SSSR count). The smallest absolute Gasteiger partial charge is 0.123 e. The molecule has 0 N–H and O–H groups in total. The predicted molar refractivity (Wildman–Crippen MR) is 95.3 cm³/mol. The number of rotatable bonds is 6. The first-order chi connectivity index (χ1) is 10.7. The Kier molecular flexibility index (Phi) is 5.28. The largest absolute Gasteiger partial charge is 0.233 e. The van der Waals surface area contributed by atoms with Crippen molar-refractivity contribution in [1.82, 2.24) is 0 Å². The van der Waals surface area contributed by atoms with Gasteiger partial charge in [-0.15, -0.1) is 0 Å². The van der Waals surface area contributed by atoms with Crippen LogP contribution in [0.1, 0.15) is 58.2 Å². The summed E-state index contributed by atoms with van der Waals surface area (Å²) in [4.78, 5) is 11.2. The van der Waals surface area contributed by atoms with E-state index in [-0.39, 0.29) is 11.5 Å². The minimum absolute atomic E-state index is 0.0311. The van der Waals surface area contributed by atoms with Crippen molar-refractivity contribution < 1.29 is 9.78 Å². The molecule has 0 aliphatic carbocycles. The van der Waals surface area contributed by atoms with Crippen LogP contribution in [0.15, 0.2) is 54.6 Å². The summed E-state index contributed by atoms with van der Waals surface area (Å²) in [5.41, 5.74) is 3.05. The summed E-state index contributed by atoms with van der Waals surface area (Å²) in [5.74, 6) is 0. The van der Waals surface area contributed by atoms with Crippen molar-refractivity contribution in [3.63, 3.8) is 0 Å². The highest BCUT2D eigenvalue weighted by molar-refractivity contribution is 5.44. The molecule has 0 heterocycles. The van der Waals surface area contributed by atoms with Gasteiger partial charge in [-0.25, -0.2) is 9.78 Å². The molecule has 0 atom stereocenters.